The van der Waals surface area contributed by atoms with E-state index in [2.05, 4.69) is 0 Å². The first-order valence-electron chi connectivity index (χ1n) is 6.34. The molecule has 1 aromatic carbocycles. The number of urea groups is 1. The molecule has 0 unspecified atom stereocenters. The monoisotopic (exact) mass is 300 g/mol. The molecule has 21 heavy (non-hydrogen) atoms. The lowest BCUT2D eigenvalue weighted by Gasteiger charge is -2.30. The van der Waals surface area contributed by atoms with Crippen molar-refractivity contribution in [1.82, 2.24) is 4.90 Å². The third-order valence-corrected chi connectivity index (χ3v) is 3.23. The Bertz CT molecular complexity index is 591. The van der Waals surface area contributed by atoms with E-state index in [4.69, 9.17) is 0 Å². The molecule has 0 spiro atoms. The summed E-state index contributed by atoms with van der Waals surface area (Å²) < 4.78 is 39.1. The van der Waals surface area contributed by atoms with E-state index in [1.54, 1.807) is 20.8 Å². The number of amides is 3. The molecule has 0 aliphatic carbocycles. The van der Waals surface area contributed by atoms with Crippen molar-refractivity contribution < 1.29 is 22.8 Å². The second-order valence-electron chi connectivity index (χ2n) is 5.78. The summed E-state index contributed by atoms with van der Waals surface area (Å²) in [6.45, 7) is 4.93. The molecule has 7 heteroatoms. The maximum atomic E-state index is 13.0. The van der Waals surface area contributed by atoms with Crippen LogP contribution in [0.4, 0.5) is 23.7 Å². The summed E-state index contributed by atoms with van der Waals surface area (Å²) in [5.41, 5.74) is -2.07. The molecule has 0 N–H and O–H groups in total. The lowest BCUT2D eigenvalue weighted by atomic mass is 10.1. The molecule has 2 rings (SSSR count). The van der Waals surface area contributed by atoms with E-state index >= 15 is 0 Å². The van der Waals surface area contributed by atoms with Crippen LogP contribution < -0.4 is 4.90 Å². The predicted molar refractivity (Wildman–Crippen MR) is 70.8 cm³/mol. The Kier molecular flexibility index (Phi) is 3.47. The number of halogens is 3. The van der Waals surface area contributed by atoms with Crippen LogP contribution in [-0.4, -0.2) is 28.9 Å². The SMILES string of the molecule is CC(C)(C)N1CC(=O)N(c2ccccc2C(F)(F)F)C1=O. The molecule has 0 aromatic heterocycles. The summed E-state index contributed by atoms with van der Waals surface area (Å²) in [6.07, 6.45) is -4.63. The van der Waals surface area contributed by atoms with Crippen molar-refractivity contribution in [3.63, 3.8) is 0 Å². The van der Waals surface area contributed by atoms with Crippen molar-refractivity contribution in [3.8, 4) is 0 Å². The van der Waals surface area contributed by atoms with Crippen molar-refractivity contribution in [2.24, 2.45) is 0 Å². The molecule has 0 bridgehead atoms. The van der Waals surface area contributed by atoms with Crippen LogP contribution in [0.2, 0.25) is 0 Å². The van der Waals surface area contributed by atoms with E-state index in [0.29, 0.717) is 4.90 Å². The normalized spacial score (nSPS) is 16.9. The van der Waals surface area contributed by atoms with Gasteiger partial charge in [0, 0.05) is 5.54 Å². The zero-order chi connectivity index (χ0) is 16.0. The molecule has 1 heterocycles. The first kappa shape index (κ1) is 15.3. The Balaban J connectivity index is 2.49. The highest BCUT2D eigenvalue weighted by molar-refractivity contribution is 6.20. The summed E-state index contributed by atoms with van der Waals surface area (Å²) in [6, 6.07) is 3.84. The number of alkyl halides is 3. The van der Waals surface area contributed by atoms with Gasteiger partial charge in [0.05, 0.1) is 11.3 Å². The van der Waals surface area contributed by atoms with E-state index in [-0.39, 0.29) is 6.54 Å². The Hall–Kier alpha value is -2.05. The standard InChI is InChI=1S/C14H15F3N2O2/c1-13(2,3)18-8-11(20)19(12(18)21)10-7-5-4-6-9(10)14(15,16)17/h4-7H,8H2,1-3H3. The van der Waals surface area contributed by atoms with Crippen LogP contribution in [0.3, 0.4) is 0 Å². The highest BCUT2D eigenvalue weighted by Crippen LogP contribution is 2.38. The first-order valence-corrected chi connectivity index (χ1v) is 6.34. The second-order valence-corrected chi connectivity index (χ2v) is 5.78. The number of benzene rings is 1. The van der Waals surface area contributed by atoms with Gasteiger partial charge in [0.1, 0.15) is 6.54 Å². The smallest absolute Gasteiger partial charge is 0.310 e. The van der Waals surface area contributed by atoms with Gasteiger partial charge in [-0.2, -0.15) is 13.2 Å². The number of hydrogen-bond donors (Lipinski definition) is 0. The van der Waals surface area contributed by atoms with E-state index in [1.807, 2.05) is 0 Å². The molecule has 1 aliphatic rings. The lowest BCUT2D eigenvalue weighted by Crippen LogP contribution is -2.44. The average Bonchev–Trinajstić information content (AvgIpc) is 2.63. The van der Waals surface area contributed by atoms with Gasteiger partial charge in [0.15, 0.2) is 0 Å². The highest BCUT2D eigenvalue weighted by Gasteiger charge is 2.45. The molecule has 4 nitrogen and oxygen atoms in total. The van der Waals surface area contributed by atoms with Gasteiger partial charge in [-0.3, -0.25) is 4.79 Å². The number of imide groups is 1. The fourth-order valence-electron chi connectivity index (χ4n) is 2.17. The third kappa shape index (κ3) is 2.72. The van der Waals surface area contributed by atoms with Crippen molar-refractivity contribution >= 4 is 17.6 Å². The molecular formula is C14H15F3N2O2. The van der Waals surface area contributed by atoms with Crippen molar-refractivity contribution in [2.75, 3.05) is 11.4 Å². The van der Waals surface area contributed by atoms with Gasteiger partial charge in [0.2, 0.25) is 0 Å². The molecule has 1 aromatic rings. The van der Waals surface area contributed by atoms with Crippen molar-refractivity contribution in [1.29, 1.82) is 0 Å². The van der Waals surface area contributed by atoms with E-state index in [0.717, 1.165) is 12.1 Å². The number of nitrogens with zero attached hydrogens (tertiary/aromatic N) is 2. The van der Waals surface area contributed by atoms with Crippen molar-refractivity contribution in [2.45, 2.75) is 32.5 Å². The number of carbonyl (C=O) groups is 2. The van der Waals surface area contributed by atoms with Crippen LogP contribution in [0.5, 0.6) is 0 Å². The van der Waals surface area contributed by atoms with Crippen molar-refractivity contribution in [3.05, 3.63) is 29.8 Å². The van der Waals surface area contributed by atoms with E-state index in [9.17, 15) is 22.8 Å². The van der Waals surface area contributed by atoms with Gasteiger partial charge in [-0.15, -0.1) is 0 Å². The minimum atomic E-state index is -4.63. The number of para-hydroxylation sites is 1. The fraction of sp³-hybridized carbons (Fsp3) is 0.429. The maximum absolute atomic E-state index is 13.0. The molecule has 0 atom stereocenters. The third-order valence-electron chi connectivity index (χ3n) is 3.23. The van der Waals surface area contributed by atoms with E-state index in [1.165, 1.54) is 17.0 Å². The molecule has 1 aliphatic heterocycles. The number of rotatable bonds is 1. The van der Waals surface area contributed by atoms with Gasteiger partial charge in [-0.05, 0) is 32.9 Å². The Morgan fingerprint density at radius 3 is 2.10 bits per heavy atom. The second kappa shape index (κ2) is 4.75. The number of hydrogen-bond acceptors (Lipinski definition) is 2. The van der Waals surface area contributed by atoms with Crippen LogP contribution in [0, 0.1) is 0 Å². The molecule has 3 amide bonds. The summed E-state index contributed by atoms with van der Waals surface area (Å²) in [4.78, 5) is 26.2. The predicted octanol–water partition coefficient (Wildman–Crippen LogP) is 3.27. The minimum Gasteiger partial charge on any atom is -0.310 e. The van der Waals surface area contributed by atoms with Gasteiger partial charge in [-0.25, -0.2) is 9.69 Å². The Morgan fingerprint density at radius 2 is 1.62 bits per heavy atom. The van der Waals surface area contributed by atoms with Gasteiger partial charge in [0.25, 0.3) is 5.91 Å². The largest absolute Gasteiger partial charge is 0.418 e. The Labute approximate surface area is 120 Å². The van der Waals surface area contributed by atoms with Crippen LogP contribution in [0.15, 0.2) is 24.3 Å². The molecule has 0 saturated carbocycles. The van der Waals surface area contributed by atoms with Crippen LogP contribution >= 0.6 is 0 Å². The molecule has 114 valence electrons. The van der Waals surface area contributed by atoms with Gasteiger partial charge in [-0.1, -0.05) is 12.1 Å². The summed E-state index contributed by atoms with van der Waals surface area (Å²) in [5, 5.41) is 0. The van der Waals surface area contributed by atoms with Crippen LogP contribution in [-0.2, 0) is 11.0 Å². The maximum Gasteiger partial charge on any atom is 0.418 e. The zero-order valence-corrected chi connectivity index (χ0v) is 11.9. The molecular weight excluding hydrogens is 285 g/mol. The molecule has 0 radical (unpaired) electrons. The number of anilines is 1. The quantitative estimate of drug-likeness (QED) is 0.747. The number of carbonyl (C=O) groups excluding carboxylic acids is 2. The first-order chi connectivity index (χ1) is 9.53. The molecule has 1 fully saturated rings. The topological polar surface area (TPSA) is 40.6 Å². The average molecular weight is 300 g/mol. The summed E-state index contributed by atoms with van der Waals surface area (Å²) >= 11 is 0. The van der Waals surface area contributed by atoms with Gasteiger partial charge >= 0.3 is 12.2 Å². The zero-order valence-electron chi connectivity index (χ0n) is 11.9. The Morgan fingerprint density at radius 1 is 1.05 bits per heavy atom. The van der Waals surface area contributed by atoms with E-state index < -0.39 is 34.9 Å². The summed E-state index contributed by atoms with van der Waals surface area (Å²) in [7, 11) is 0. The fourth-order valence-corrected chi connectivity index (χ4v) is 2.17. The lowest BCUT2D eigenvalue weighted by molar-refractivity contribution is -0.137. The van der Waals surface area contributed by atoms with Crippen LogP contribution in [0.25, 0.3) is 0 Å². The van der Waals surface area contributed by atoms with Crippen LogP contribution in [0.1, 0.15) is 26.3 Å². The molecule has 1 saturated heterocycles. The highest BCUT2D eigenvalue weighted by atomic mass is 19.4. The minimum absolute atomic E-state index is 0.228. The van der Waals surface area contributed by atoms with Gasteiger partial charge < -0.3 is 4.90 Å². The summed E-state index contributed by atoms with van der Waals surface area (Å²) in [5.74, 6) is -0.661.